The van der Waals surface area contributed by atoms with Crippen molar-refractivity contribution in [2.24, 2.45) is 11.8 Å². The van der Waals surface area contributed by atoms with Crippen LogP contribution in [-0.2, 0) is 4.74 Å². The first-order chi connectivity index (χ1) is 8.50. The lowest BCUT2D eigenvalue weighted by Crippen LogP contribution is -2.35. The van der Waals surface area contributed by atoms with Gasteiger partial charge in [0.05, 0.1) is 11.5 Å². The fraction of sp³-hybridized carbons (Fsp3) is 0.818. The number of rotatable bonds is 3. The molecule has 102 valence electrons. The molecule has 0 bridgehead atoms. The predicted octanol–water partition coefficient (Wildman–Crippen LogP) is 1.20. The Labute approximate surface area is 111 Å². The maximum absolute atomic E-state index is 10.8. The monoisotopic (exact) mass is 275 g/mol. The van der Waals surface area contributed by atoms with Gasteiger partial charge in [0.2, 0.25) is 0 Å². The molecule has 2 fully saturated rings. The summed E-state index contributed by atoms with van der Waals surface area (Å²) in [6.07, 6.45) is 0. The van der Waals surface area contributed by atoms with Crippen LogP contribution in [0.15, 0.2) is 11.0 Å². The Bertz CT molecular complexity index is 375. The summed E-state index contributed by atoms with van der Waals surface area (Å²) in [5.41, 5.74) is 0. The van der Waals surface area contributed by atoms with E-state index in [0.29, 0.717) is 30.8 Å². The van der Waals surface area contributed by atoms with Gasteiger partial charge < -0.3 is 15.0 Å². The molecule has 2 aliphatic rings. The van der Waals surface area contributed by atoms with E-state index in [1.807, 2.05) is 11.8 Å². The van der Waals surface area contributed by atoms with E-state index in [1.165, 1.54) is 0 Å². The quantitative estimate of drug-likeness (QED) is 0.476. The zero-order chi connectivity index (χ0) is 13.3. The van der Waals surface area contributed by atoms with Gasteiger partial charge in [-0.15, -0.1) is 0 Å². The number of nitrogens with one attached hydrogen (secondary N) is 1. The number of halogens is 1. The van der Waals surface area contributed by atoms with Gasteiger partial charge in [-0.2, -0.15) is 0 Å². The first kappa shape index (κ1) is 13.4. The molecule has 0 aliphatic carbocycles. The summed E-state index contributed by atoms with van der Waals surface area (Å²) in [6, 6.07) is 0.210. The van der Waals surface area contributed by atoms with Crippen molar-refractivity contribution < 1.29 is 9.66 Å². The minimum atomic E-state index is -0.552. The molecule has 0 radical (unpaired) electrons. The number of nitrogens with zero attached hydrogens (tertiary/aromatic N) is 2. The lowest BCUT2D eigenvalue weighted by molar-refractivity contribution is -0.414. The minimum Gasteiger partial charge on any atom is -0.381 e. The third-order valence-electron chi connectivity index (χ3n) is 3.69. The van der Waals surface area contributed by atoms with Gasteiger partial charge in [0.15, 0.2) is 5.82 Å². The Hall–Kier alpha value is -1.01. The molecule has 0 amide bonds. The molecule has 2 saturated heterocycles. The van der Waals surface area contributed by atoms with Crippen molar-refractivity contribution >= 4 is 11.6 Å². The molecule has 2 rings (SSSR count). The fourth-order valence-corrected chi connectivity index (χ4v) is 2.59. The lowest BCUT2D eigenvalue weighted by atomic mass is 9.97. The van der Waals surface area contributed by atoms with Crippen LogP contribution in [0.1, 0.15) is 13.8 Å². The first-order valence-electron chi connectivity index (χ1n) is 6.13. The highest BCUT2D eigenvalue weighted by molar-refractivity contribution is 6.28. The molecule has 3 unspecified atom stereocenters. The molecule has 18 heavy (non-hydrogen) atoms. The van der Waals surface area contributed by atoms with Crippen molar-refractivity contribution in [3.05, 3.63) is 21.1 Å². The summed E-state index contributed by atoms with van der Waals surface area (Å²) in [4.78, 5) is 12.2. The van der Waals surface area contributed by atoms with Gasteiger partial charge in [0.25, 0.3) is 0 Å². The molecule has 3 atom stereocenters. The van der Waals surface area contributed by atoms with E-state index in [1.54, 1.807) is 0 Å². The highest BCUT2D eigenvalue weighted by atomic mass is 35.5. The third-order valence-corrected chi connectivity index (χ3v) is 4.01. The van der Waals surface area contributed by atoms with Crippen molar-refractivity contribution in [3.8, 4) is 0 Å². The second kappa shape index (κ2) is 5.32. The Morgan fingerprint density at radius 2 is 2.33 bits per heavy atom. The molecule has 0 aromatic rings. The second-order valence-corrected chi connectivity index (χ2v) is 5.41. The standard InChI is InChI=1S/C11H18ClN3O3/c1-7-5-18-6-9(7)4-14-8(2)3-13-11(14)10(12)15(16)17/h7-9,13H,3-6H2,1-2H3. The van der Waals surface area contributed by atoms with E-state index in [9.17, 15) is 10.1 Å². The number of hydrogen-bond acceptors (Lipinski definition) is 5. The van der Waals surface area contributed by atoms with Crippen LogP contribution in [0.25, 0.3) is 0 Å². The number of nitro groups is 1. The average molecular weight is 276 g/mol. The molecule has 2 aliphatic heterocycles. The van der Waals surface area contributed by atoms with E-state index < -0.39 is 4.92 Å². The Morgan fingerprint density at radius 3 is 2.89 bits per heavy atom. The third kappa shape index (κ3) is 2.54. The molecule has 0 aromatic carbocycles. The predicted molar refractivity (Wildman–Crippen MR) is 67.5 cm³/mol. The molecule has 2 heterocycles. The summed E-state index contributed by atoms with van der Waals surface area (Å²) in [6.45, 7) is 7.08. The van der Waals surface area contributed by atoms with Crippen LogP contribution in [0.3, 0.4) is 0 Å². The highest BCUT2D eigenvalue weighted by Crippen LogP contribution is 2.27. The second-order valence-electron chi connectivity index (χ2n) is 5.05. The smallest absolute Gasteiger partial charge is 0.377 e. The summed E-state index contributed by atoms with van der Waals surface area (Å²) < 4.78 is 5.43. The van der Waals surface area contributed by atoms with Gasteiger partial charge in [0, 0.05) is 31.7 Å². The van der Waals surface area contributed by atoms with Gasteiger partial charge in [-0.3, -0.25) is 10.1 Å². The summed E-state index contributed by atoms with van der Waals surface area (Å²) in [5, 5.41) is 13.5. The molecule has 0 spiro atoms. The minimum absolute atomic E-state index is 0.210. The van der Waals surface area contributed by atoms with Crippen LogP contribution < -0.4 is 5.32 Å². The van der Waals surface area contributed by atoms with Crippen LogP contribution in [0.4, 0.5) is 0 Å². The molecule has 7 heteroatoms. The van der Waals surface area contributed by atoms with E-state index in [2.05, 4.69) is 12.2 Å². The molecule has 0 saturated carbocycles. The summed E-state index contributed by atoms with van der Waals surface area (Å²) in [5.74, 6) is 1.32. The molecular formula is C11H18ClN3O3. The number of ether oxygens (including phenoxy) is 1. The topological polar surface area (TPSA) is 67.6 Å². The van der Waals surface area contributed by atoms with Crippen LogP contribution in [0, 0.1) is 22.0 Å². The van der Waals surface area contributed by atoms with E-state index >= 15 is 0 Å². The summed E-state index contributed by atoms with van der Waals surface area (Å²) in [7, 11) is 0. The van der Waals surface area contributed by atoms with Crippen molar-refractivity contribution in [1.82, 2.24) is 10.2 Å². The maximum Gasteiger partial charge on any atom is 0.377 e. The van der Waals surface area contributed by atoms with Crippen LogP contribution in [0.2, 0.25) is 0 Å². The van der Waals surface area contributed by atoms with Crippen molar-refractivity contribution in [1.29, 1.82) is 0 Å². The zero-order valence-electron chi connectivity index (χ0n) is 10.6. The average Bonchev–Trinajstić information content (AvgIpc) is 2.87. The zero-order valence-corrected chi connectivity index (χ0v) is 11.3. The Balaban J connectivity index is 2.13. The van der Waals surface area contributed by atoms with Gasteiger partial charge in [-0.1, -0.05) is 6.92 Å². The van der Waals surface area contributed by atoms with Crippen molar-refractivity contribution in [2.75, 3.05) is 26.3 Å². The normalized spacial score (nSPS) is 34.6. The molecule has 1 N–H and O–H groups in total. The SMILES string of the molecule is CC1COCC1CN1C(=C(Cl)[N+](=O)[O-])NCC1C. The Kier molecular flexibility index (Phi) is 3.97. The molecule has 0 aromatic heterocycles. The van der Waals surface area contributed by atoms with Gasteiger partial charge in [-0.05, 0) is 24.4 Å². The van der Waals surface area contributed by atoms with Crippen molar-refractivity contribution in [3.63, 3.8) is 0 Å². The Morgan fingerprint density at radius 1 is 1.61 bits per heavy atom. The van der Waals surface area contributed by atoms with Gasteiger partial charge in [-0.25, -0.2) is 0 Å². The first-order valence-corrected chi connectivity index (χ1v) is 6.51. The van der Waals surface area contributed by atoms with E-state index in [0.717, 1.165) is 13.2 Å². The van der Waals surface area contributed by atoms with E-state index in [-0.39, 0.29) is 11.2 Å². The highest BCUT2D eigenvalue weighted by Gasteiger charge is 2.35. The van der Waals surface area contributed by atoms with Crippen LogP contribution >= 0.6 is 11.6 Å². The van der Waals surface area contributed by atoms with E-state index in [4.69, 9.17) is 16.3 Å². The lowest BCUT2D eigenvalue weighted by Gasteiger charge is -2.27. The summed E-state index contributed by atoms with van der Waals surface area (Å²) >= 11 is 5.75. The van der Waals surface area contributed by atoms with Gasteiger partial charge in [0.1, 0.15) is 0 Å². The molecule has 6 nitrogen and oxygen atoms in total. The fourth-order valence-electron chi connectivity index (χ4n) is 2.42. The maximum atomic E-state index is 10.8. The molecular weight excluding hydrogens is 258 g/mol. The van der Waals surface area contributed by atoms with Crippen LogP contribution in [-0.4, -0.2) is 42.2 Å². The van der Waals surface area contributed by atoms with Crippen molar-refractivity contribution in [2.45, 2.75) is 19.9 Å². The largest absolute Gasteiger partial charge is 0.381 e. The number of hydrogen-bond donors (Lipinski definition) is 1. The van der Waals surface area contributed by atoms with Gasteiger partial charge >= 0.3 is 5.16 Å². The van der Waals surface area contributed by atoms with Crippen LogP contribution in [0.5, 0.6) is 0 Å².